The summed E-state index contributed by atoms with van der Waals surface area (Å²) in [7, 11) is 1.42. The second-order valence-corrected chi connectivity index (χ2v) is 6.83. The van der Waals surface area contributed by atoms with Gasteiger partial charge < -0.3 is 9.47 Å². The van der Waals surface area contributed by atoms with Crippen molar-refractivity contribution in [2.24, 2.45) is 0 Å². The smallest absolute Gasteiger partial charge is 0.338 e. The molecule has 3 aromatic carbocycles. The summed E-state index contributed by atoms with van der Waals surface area (Å²) in [6, 6.07) is 25.7. The standard InChI is InChI=1S/C26H26O3/c1-20-11-9-17-24(26(27)28-2)25(20)22(19-21-12-5-3-6-13-21)14-10-18-29-23-15-7-4-8-16-23/h3-9,11-13,15-17,19H,10,14,18H2,1-2H3/b22-19-. The quantitative estimate of drug-likeness (QED) is 0.263. The van der Waals surface area contributed by atoms with Crippen LogP contribution in [-0.2, 0) is 4.74 Å². The maximum atomic E-state index is 12.4. The molecule has 3 aromatic rings. The van der Waals surface area contributed by atoms with Crippen molar-refractivity contribution in [1.82, 2.24) is 0 Å². The van der Waals surface area contributed by atoms with E-state index in [0.29, 0.717) is 12.2 Å². The Bertz CT molecular complexity index is 960. The summed E-state index contributed by atoms with van der Waals surface area (Å²) in [5.41, 5.74) is 4.80. The van der Waals surface area contributed by atoms with Crippen LogP contribution in [0.5, 0.6) is 5.75 Å². The highest BCUT2D eigenvalue weighted by atomic mass is 16.5. The molecular formula is C26H26O3. The molecule has 3 heteroatoms. The monoisotopic (exact) mass is 386 g/mol. The first kappa shape index (κ1) is 20.4. The van der Waals surface area contributed by atoms with E-state index in [2.05, 4.69) is 18.2 Å². The Morgan fingerprint density at radius 1 is 0.897 bits per heavy atom. The fourth-order valence-corrected chi connectivity index (χ4v) is 3.36. The molecule has 148 valence electrons. The van der Waals surface area contributed by atoms with E-state index in [1.165, 1.54) is 7.11 Å². The minimum Gasteiger partial charge on any atom is -0.494 e. The molecule has 0 aliphatic rings. The molecule has 0 aliphatic heterocycles. The molecule has 0 N–H and O–H groups in total. The van der Waals surface area contributed by atoms with Crippen LogP contribution in [0.2, 0.25) is 0 Å². The normalized spacial score (nSPS) is 11.2. The molecule has 0 atom stereocenters. The molecular weight excluding hydrogens is 360 g/mol. The van der Waals surface area contributed by atoms with E-state index in [1.807, 2.05) is 73.7 Å². The van der Waals surface area contributed by atoms with Crippen molar-refractivity contribution in [2.45, 2.75) is 19.8 Å². The van der Waals surface area contributed by atoms with Crippen LogP contribution in [0.4, 0.5) is 0 Å². The maximum absolute atomic E-state index is 12.4. The molecule has 0 radical (unpaired) electrons. The average molecular weight is 386 g/mol. The third-order valence-electron chi connectivity index (χ3n) is 4.74. The SMILES string of the molecule is COC(=O)c1cccc(C)c1/C(=C\c1ccccc1)CCCOc1ccccc1. The molecule has 0 saturated carbocycles. The van der Waals surface area contributed by atoms with Crippen molar-refractivity contribution in [3.63, 3.8) is 0 Å². The minimum absolute atomic E-state index is 0.316. The zero-order valence-corrected chi connectivity index (χ0v) is 16.9. The van der Waals surface area contributed by atoms with Gasteiger partial charge in [0.1, 0.15) is 5.75 Å². The van der Waals surface area contributed by atoms with Crippen molar-refractivity contribution in [2.75, 3.05) is 13.7 Å². The molecule has 0 fully saturated rings. The highest BCUT2D eigenvalue weighted by molar-refractivity contribution is 5.98. The molecule has 0 spiro atoms. The molecule has 0 heterocycles. The number of para-hydroxylation sites is 1. The number of carbonyl (C=O) groups excluding carboxylic acids is 1. The molecule has 0 bridgehead atoms. The third kappa shape index (κ3) is 5.58. The molecule has 0 amide bonds. The third-order valence-corrected chi connectivity index (χ3v) is 4.74. The van der Waals surface area contributed by atoms with Crippen LogP contribution in [-0.4, -0.2) is 19.7 Å². The number of benzene rings is 3. The van der Waals surface area contributed by atoms with E-state index >= 15 is 0 Å². The van der Waals surface area contributed by atoms with Crippen molar-refractivity contribution in [1.29, 1.82) is 0 Å². The Balaban J connectivity index is 1.87. The highest BCUT2D eigenvalue weighted by Crippen LogP contribution is 2.30. The number of hydrogen-bond donors (Lipinski definition) is 0. The summed E-state index contributed by atoms with van der Waals surface area (Å²) < 4.78 is 10.9. The molecule has 0 unspecified atom stereocenters. The molecule has 0 saturated heterocycles. The van der Waals surface area contributed by atoms with E-state index in [1.54, 1.807) is 0 Å². The van der Waals surface area contributed by atoms with E-state index in [0.717, 1.165) is 40.9 Å². The van der Waals surface area contributed by atoms with Crippen LogP contribution in [0.3, 0.4) is 0 Å². The highest BCUT2D eigenvalue weighted by Gasteiger charge is 2.17. The lowest BCUT2D eigenvalue weighted by atomic mass is 9.90. The van der Waals surface area contributed by atoms with Gasteiger partial charge in [0.15, 0.2) is 0 Å². The molecule has 3 nitrogen and oxygen atoms in total. The minimum atomic E-state index is -0.316. The number of carbonyl (C=O) groups is 1. The first-order chi connectivity index (χ1) is 14.2. The topological polar surface area (TPSA) is 35.5 Å². The predicted octanol–water partition coefficient (Wildman–Crippen LogP) is 6.18. The van der Waals surface area contributed by atoms with E-state index < -0.39 is 0 Å². The summed E-state index contributed by atoms with van der Waals surface area (Å²) in [6.45, 7) is 2.64. The largest absolute Gasteiger partial charge is 0.494 e. The average Bonchev–Trinajstić information content (AvgIpc) is 2.76. The fourth-order valence-electron chi connectivity index (χ4n) is 3.36. The summed E-state index contributed by atoms with van der Waals surface area (Å²) in [5.74, 6) is 0.551. The molecule has 0 aliphatic carbocycles. The van der Waals surface area contributed by atoms with Crippen molar-refractivity contribution < 1.29 is 14.3 Å². The number of hydrogen-bond acceptors (Lipinski definition) is 3. The lowest BCUT2D eigenvalue weighted by Gasteiger charge is -2.16. The van der Waals surface area contributed by atoms with Gasteiger partial charge in [-0.25, -0.2) is 4.79 Å². The Labute approximate surface area is 172 Å². The van der Waals surface area contributed by atoms with Gasteiger partial charge in [0, 0.05) is 0 Å². The van der Waals surface area contributed by atoms with Gasteiger partial charge in [0.25, 0.3) is 0 Å². The Morgan fingerprint density at radius 2 is 1.59 bits per heavy atom. The van der Waals surface area contributed by atoms with Gasteiger partial charge in [0.05, 0.1) is 19.3 Å². The summed E-state index contributed by atoms with van der Waals surface area (Å²) in [5, 5.41) is 0. The number of rotatable bonds is 8. The number of ether oxygens (including phenoxy) is 2. The Kier molecular flexibility index (Phi) is 7.23. The number of esters is 1. The van der Waals surface area contributed by atoms with Gasteiger partial charge in [0.2, 0.25) is 0 Å². The molecule has 3 rings (SSSR count). The Hall–Kier alpha value is -3.33. The van der Waals surface area contributed by atoms with E-state index in [-0.39, 0.29) is 5.97 Å². The van der Waals surface area contributed by atoms with Gasteiger partial charge >= 0.3 is 5.97 Å². The lowest BCUT2D eigenvalue weighted by Crippen LogP contribution is -2.08. The van der Waals surface area contributed by atoms with Crippen LogP contribution in [0, 0.1) is 6.92 Å². The van der Waals surface area contributed by atoms with Crippen LogP contribution in [0.1, 0.15) is 39.9 Å². The Morgan fingerprint density at radius 3 is 2.28 bits per heavy atom. The van der Waals surface area contributed by atoms with Gasteiger partial charge in [-0.15, -0.1) is 0 Å². The van der Waals surface area contributed by atoms with E-state index in [4.69, 9.17) is 9.47 Å². The van der Waals surface area contributed by atoms with E-state index in [9.17, 15) is 4.79 Å². The van der Waals surface area contributed by atoms with Crippen LogP contribution < -0.4 is 4.74 Å². The lowest BCUT2D eigenvalue weighted by molar-refractivity contribution is 0.0600. The number of aryl methyl sites for hydroxylation is 1. The predicted molar refractivity (Wildman–Crippen MR) is 118 cm³/mol. The second-order valence-electron chi connectivity index (χ2n) is 6.83. The van der Waals surface area contributed by atoms with Crippen molar-refractivity contribution in [3.05, 3.63) is 101 Å². The van der Waals surface area contributed by atoms with Gasteiger partial charge in [-0.1, -0.05) is 66.7 Å². The summed E-state index contributed by atoms with van der Waals surface area (Å²) in [4.78, 5) is 12.4. The zero-order valence-electron chi connectivity index (χ0n) is 16.9. The summed E-state index contributed by atoms with van der Waals surface area (Å²) in [6.07, 6.45) is 3.77. The van der Waals surface area contributed by atoms with Gasteiger partial charge in [-0.2, -0.15) is 0 Å². The molecule has 0 aromatic heterocycles. The number of allylic oxidation sites excluding steroid dienone is 1. The number of methoxy groups -OCH3 is 1. The second kappa shape index (κ2) is 10.3. The van der Waals surface area contributed by atoms with Crippen LogP contribution in [0.15, 0.2) is 78.9 Å². The van der Waals surface area contributed by atoms with Crippen LogP contribution in [0.25, 0.3) is 11.6 Å². The first-order valence-corrected chi connectivity index (χ1v) is 9.81. The van der Waals surface area contributed by atoms with Crippen molar-refractivity contribution in [3.8, 4) is 5.75 Å². The zero-order chi connectivity index (χ0) is 20.5. The summed E-state index contributed by atoms with van der Waals surface area (Å²) >= 11 is 0. The first-order valence-electron chi connectivity index (χ1n) is 9.81. The molecule has 29 heavy (non-hydrogen) atoms. The maximum Gasteiger partial charge on any atom is 0.338 e. The fraction of sp³-hybridized carbons (Fsp3) is 0.192. The van der Waals surface area contributed by atoms with Gasteiger partial charge in [-0.05, 0) is 60.2 Å². The van der Waals surface area contributed by atoms with Gasteiger partial charge in [-0.3, -0.25) is 0 Å². The van der Waals surface area contributed by atoms with Crippen LogP contribution >= 0.6 is 0 Å². The van der Waals surface area contributed by atoms with Crippen molar-refractivity contribution >= 4 is 17.6 Å².